The maximum absolute atomic E-state index is 14.2. The van der Waals surface area contributed by atoms with Gasteiger partial charge in [-0.2, -0.15) is 0 Å². The molecule has 7 heteroatoms. The predicted molar refractivity (Wildman–Crippen MR) is 121 cm³/mol. The van der Waals surface area contributed by atoms with Crippen molar-refractivity contribution in [3.05, 3.63) is 66.4 Å². The average molecular weight is 432 g/mol. The Labute approximate surface area is 186 Å². The summed E-state index contributed by atoms with van der Waals surface area (Å²) < 4.78 is 20.5. The second-order valence-corrected chi connectivity index (χ2v) is 8.65. The molecular formula is C25H25FN4O2. The first-order valence-electron chi connectivity index (χ1n) is 10.9. The standard InChI is InChI=1S/C25H25FN4O2/c1-17(31)19-4-2-3-5-20(19)21-12-18(26)6-7-22(21)32-23-13-28-16-29-24(23)30-11-9-25(15-30)8-10-27-14-25/h2-7,12-13,16,27H,8-11,14-15H2,1H3. The third-order valence-electron chi connectivity index (χ3n) is 6.49. The van der Waals surface area contributed by atoms with E-state index in [2.05, 4.69) is 20.2 Å². The zero-order valence-corrected chi connectivity index (χ0v) is 18.0. The summed E-state index contributed by atoms with van der Waals surface area (Å²) in [5.41, 5.74) is 1.94. The van der Waals surface area contributed by atoms with E-state index in [-0.39, 0.29) is 11.2 Å². The van der Waals surface area contributed by atoms with Gasteiger partial charge in [0.2, 0.25) is 0 Å². The third kappa shape index (κ3) is 3.84. The first kappa shape index (κ1) is 20.6. The van der Waals surface area contributed by atoms with Crippen molar-refractivity contribution in [3.8, 4) is 22.6 Å². The summed E-state index contributed by atoms with van der Waals surface area (Å²) in [6, 6.07) is 11.5. The molecule has 6 nitrogen and oxygen atoms in total. The molecule has 1 spiro atoms. The summed E-state index contributed by atoms with van der Waals surface area (Å²) in [7, 11) is 0. The van der Waals surface area contributed by atoms with Crippen molar-refractivity contribution in [1.29, 1.82) is 0 Å². The van der Waals surface area contributed by atoms with Crippen molar-refractivity contribution in [2.24, 2.45) is 5.41 Å². The lowest BCUT2D eigenvalue weighted by molar-refractivity contribution is 0.101. The Morgan fingerprint density at radius 1 is 1.16 bits per heavy atom. The Morgan fingerprint density at radius 2 is 2.03 bits per heavy atom. The first-order chi connectivity index (χ1) is 15.5. The number of ether oxygens (including phenoxy) is 1. The highest BCUT2D eigenvalue weighted by atomic mass is 19.1. The SMILES string of the molecule is CC(=O)c1ccccc1-c1cc(F)ccc1Oc1cncnc1N1CCC2(CCNC2)C1. The highest BCUT2D eigenvalue weighted by Crippen LogP contribution is 2.42. The van der Waals surface area contributed by atoms with E-state index in [0.717, 1.165) is 44.8 Å². The fourth-order valence-electron chi connectivity index (χ4n) is 4.82. The Bertz CT molecular complexity index is 1160. The van der Waals surface area contributed by atoms with Gasteiger partial charge in [0.05, 0.1) is 6.20 Å². The van der Waals surface area contributed by atoms with Crippen LogP contribution in [0.25, 0.3) is 11.1 Å². The van der Waals surface area contributed by atoms with E-state index >= 15 is 0 Å². The summed E-state index contributed by atoms with van der Waals surface area (Å²) in [5, 5.41) is 3.47. The number of hydrogen-bond donors (Lipinski definition) is 1. The van der Waals surface area contributed by atoms with Crippen molar-refractivity contribution in [1.82, 2.24) is 15.3 Å². The third-order valence-corrected chi connectivity index (χ3v) is 6.49. The van der Waals surface area contributed by atoms with Crippen LogP contribution in [0, 0.1) is 11.2 Å². The largest absolute Gasteiger partial charge is 0.451 e. The van der Waals surface area contributed by atoms with Gasteiger partial charge in [-0.15, -0.1) is 0 Å². The number of aromatic nitrogens is 2. The van der Waals surface area contributed by atoms with E-state index in [1.807, 2.05) is 6.07 Å². The molecule has 2 fully saturated rings. The van der Waals surface area contributed by atoms with Crippen LogP contribution in [0.2, 0.25) is 0 Å². The molecule has 0 bridgehead atoms. The van der Waals surface area contributed by atoms with Crippen molar-refractivity contribution in [3.63, 3.8) is 0 Å². The number of carbonyl (C=O) groups is 1. The van der Waals surface area contributed by atoms with Crippen molar-refractivity contribution in [2.45, 2.75) is 19.8 Å². The van der Waals surface area contributed by atoms with E-state index in [1.54, 1.807) is 30.5 Å². The molecule has 3 heterocycles. The molecular weight excluding hydrogens is 407 g/mol. The molecule has 0 saturated carbocycles. The topological polar surface area (TPSA) is 67.3 Å². The minimum absolute atomic E-state index is 0.0907. The minimum Gasteiger partial charge on any atom is -0.451 e. The summed E-state index contributed by atoms with van der Waals surface area (Å²) in [6.07, 6.45) is 5.44. The summed E-state index contributed by atoms with van der Waals surface area (Å²) in [5.74, 6) is 1.22. The number of Topliss-reactive ketones (excluding diaryl/α,β-unsaturated/α-hetero) is 1. The summed E-state index contributed by atoms with van der Waals surface area (Å²) >= 11 is 0. The average Bonchev–Trinajstić information content (AvgIpc) is 3.45. The second-order valence-electron chi connectivity index (χ2n) is 8.65. The van der Waals surface area contributed by atoms with Gasteiger partial charge in [-0.05, 0) is 50.1 Å². The van der Waals surface area contributed by atoms with Gasteiger partial charge in [-0.1, -0.05) is 24.3 Å². The fraction of sp³-hybridized carbons (Fsp3) is 0.320. The van der Waals surface area contributed by atoms with E-state index in [0.29, 0.717) is 28.2 Å². The normalized spacial score (nSPS) is 20.1. The van der Waals surface area contributed by atoms with Crippen molar-refractivity contribution >= 4 is 11.6 Å². The number of nitrogens with one attached hydrogen (secondary N) is 1. The van der Waals surface area contributed by atoms with Gasteiger partial charge in [0.15, 0.2) is 17.4 Å². The van der Waals surface area contributed by atoms with Crippen LogP contribution >= 0.6 is 0 Å². The van der Waals surface area contributed by atoms with E-state index < -0.39 is 5.82 Å². The maximum Gasteiger partial charge on any atom is 0.188 e. The first-order valence-corrected chi connectivity index (χ1v) is 10.9. The molecule has 32 heavy (non-hydrogen) atoms. The molecule has 164 valence electrons. The van der Waals surface area contributed by atoms with Gasteiger partial charge in [-0.25, -0.2) is 14.4 Å². The van der Waals surface area contributed by atoms with Crippen LogP contribution in [0.1, 0.15) is 30.1 Å². The van der Waals surface area contributed by atoms with E-state index in [4.69, 9.17) is 4.74 Å². The van der Waals surface area contributed by atoms with E-state index in [1.165, 1.54) is 25.4 Å². The number of halogens is 1. The van der Waals surface area contributed by atoms with Crippen molar-refractivity contribution in [2.75, 3.05) is 31.1 Å². The molecule has 0 amide bonds. The number of ketones is 1. The molecule has 5 rings (SSSR count). The van der Waals surface area contributed by atoms with Gasteiger partial charge in [-0.3, -0.25) is 4.79 Å². The molecule has 2 saturated heterocycles. The van der Waals surface area contributed by atoms with Gasteiger partial charge < -0.3 is 15.0 Å². The maximum atomic E-state index is 14.2. The number of benzene rings is 2. The number of rotatable bonds is 5. The zero-order valence-electron chi connectivity index (χ0n) is 18.0. The molecule has 1 N–H and O–H groups in total. The number of anilines is 1. The van der Waals surface area contributed by atoms with Gasteiger partial charge in [0, 0.05) is 36.2 Å². The van der Waals surface area contributed by atoms with Crippen LogP contribution < -0.4 is 15.0 Å². The highest BCUT2D eigenvalue weighted by Gasteiger charge is 2.41. The Kier molecular flexibility index (Phi) is 5.35. The lowest BCUT2D eigenvalue weighted by Crippen LogP contribution is -2.29. The van der Waals surface area contributed by atoms with Gasteiger partial charge >= 0.3 is 0 Å². The summed E-state index contributed by atoms with van der Waals surface area (Å²) in [4.78, 5) is 23.1. The smallest absolute Gasteiger partial charge is 0.188 e. The molecule has 1 atom stereocenters. The Balaban J connectivity index is 1.51. The molecule has 1 aromatic heterocycles. The summed E-state index contributed by atoms with van der Waals surface area (Å²) in [6.45, 7) is 5.39. The Morgan fingerprint density at radius 3 is 2.84 bits per heavy atom. The van der Waals surface area contributed by atoms with Crippen LogP contribution in [0.3, 0.4) is 0 Å². The molecule has 2 aromatic carbocycles. The molecule has 0 radical (unpaired) electrons. The van der Waals surface area contributed by atoms with Crippen LogP contribution in [-0.2, 0) is 0 Å². The van der Waals surface area contributed by atoms with Crippen LogP contribution in [0.4, 0.5) is 10.2 Å². The molecule has 0 aliphatic carbocycles. The van der Waals surface area contributed by atoms with Crippen LogP contribution in [0.5, 0.6) is 11.5 Å². The van der Waals surface area contributed by atoms with Crippen LogP contribution in [-0.4, -0.2) is 41.9 Å². The van der Waals surface area contributed by atoms with Crippen LogP contribution in [0.15, 0.2) is 55.0 Å². The van der Waals surface area contributed by atoms with E-state index in [9.17, 15) is 9.18 Å². The zero-order chi connectivity index (χ0) is 22.1. The van der Waals surface area contributed by atoms with Gasteiger partial charge in [0.25, 0.3) is 0 Å². The van der Waals surface area contributed by atoms with Crippen molar-refractivity contribution < 1.29 is 13.9 Å². The molecule has 3 aromatic rings. The molecule has 2 aliphatic heterocycles. The minimum atomic E-state index is -0.398. The molecule has 1 unspecified atom stereocenters. The van der Waals surface area contributed by atoms with Gasteiger partial charge in [0.1, 0.15) is 17.9 Å². The molecule has 2 aliphatic rings. The lowest BCUT2D eigenvalue weighted by atomic mass is 9.87. The second kappa shape index (κ2) is 8.31. The fourth-order valence-corrected chi connectivity index (χ4v) is 4.82. The predicted octanol–water partition coefficient (Wildman–Crippen LogP) is 4.47. The number of hydrogen-bond acceptors (Lipinski definition) is 6. The quantitative estimate of drug-likeness (QED) is 0.600. The monoisotopic (exact) mass is 432 g/mol. The highest BCUT2D eigenvalue weighted by molar-refractivity contribution is 6.01. The number of nitrogens with zero attached hydrogens (tertiary/aromatic N) is 3. The lowest BCUT2D eigenvalue weighted by Gasteiger charge is -2.24. The Hall–Kier alpha value is -3.32. The number of carbonyl (C=O) groups excluding carboxylic acids is 1.